The van der Waals surface area contributed by atoms with Gasteiger partial charge in [-0.2, -0.15) is 0 Å². The number of hydrogen-bond donors (Lipinski definition) is 2. The number of aromatic nitrogens is 1. The number of amides is 1. The van der Waals surface area contributed by atoms with Gasteiger partial charge in [-0.1, -0.05) is 0 Å². The third-order valence-corrected chi connectivity index (χ3v) is 4.72. The van der Waals surface area contributed by atoms with Crippen LogP contribution in [0, 0.1) is 0 Å². The number of primary sulfonamides is 1. The van der Waals surface area contributed by atoms with E-state index < -0.39 is 10.0 Å². The zero-order valence-corrected chi connectivity index (χ0v) is 14.2. The van der Waals surface area contributed by atoms with Crippen LogP contribution in [0.3, 0.4) is 0 Å². The fourth-order valence-electron chi connectivity index (χ4n) is 2.44. The Morgan fingerprint density at radius 3 is 2.36 bits per heavy atom. The van der Waals surface area contributed by atoms with E-state index >= 15 is 0 Å². The van der Waals surface area contributed by atoms with Crippen molar-refractivity contribution < 1.29 is 17.9 Å². The molecule has 1 fully saturated rings. The summed E-state index contributed by atoms with van der Waals surface area (Å²) in [6, 6.07) is 9.02. The lowest BCUT2D eigenvalue weighted by atomic mass is 10.2. The molecule has 0 unspecified atom stereocenters. The van der Waals surface area contributed by atoms with Gasteiger partial charge in [0.05, 0.1) is 30.0 Å². The summed E-state index contributed by atoms with van der Waals surface area (Å²) < 4.78 is 27.8. The van der Waals surface area contributed by atoms with Gasteiger partial charge in [-0.15, -0.1) is 0 Å². The number of pyridine rings is 1. The normalized spacial score (nSPS) is 15.0. The molecule has 1 saturated heterocycles. The molecule has 0 atom stereocenters. The lowest BCUT2D eigenvalue weighted by Crippen LogP contribution is -2.36. The number of carbonyl (C=O) groups excluding carboxylic acids is 1. The van der Waals surface area contributed by atoms with Crippen molar-refractivity contribution in [1.29, 1.82) is 0 Å². The number of ether oxygens (including phenoxy) is 1. The topological polar surface area (TPSA) is 115 Å². The van der Waals surface area contributed by atoms with Crippen molar-refractivity contribution >= 4 is 27.4 Å². The molecule has 0 saturated carbocycles. The van der Waals surface area contributed by atoms with Gasteiger partial charge in [-0.05, 0) is 36.4 Å². The van der Waals surface area contributed by atoms with Gasteiger partial charge in [0.25, 0.3) is 5.91 Å². The van der Waals surface area contributed by atoms with Crippen molar-refractivity contribution in [3.05, 3.63) is 48.2 Å². The number of benzene rings is 1. The van der Waals surface area contributed by atoms with Crippen molar-refractivity contribution in [3.8, 4) is 0 Å². The number of hydrogen-bond acceptors (Lipinski definition) is 6. The summed E-state index contributed by atoms with van der Waals surface area (Å²) in [7, 11) is -3.77. The van der Waals surface area contributed by atoms with Crippen molar-refractivity contribution in [1.82, 2.24) is 4.98 Å². The number of anilines is 2. The third-order valence-electron chi connectivity index (χ3n) is 3.79. The molecule has 1 aromatic heterocycles. The maximum Gasteiger partial charge on any atom is 0.255 e. The molecule has 8 nitrogen and oxygen atoms in total. The number of carbonyl (C=O) groups is 1. The van der Waals surface area contributed by atoms with E-state index in [0.717, 1.165) is 18.9 Å². The van der Waals surface area contributed by atoms with Gasteiger partial charge in [0, 0.05) is 18.7 Å². The summed E-state index contributed by atoms with van der Waals surface area (Å²) in [5.74, 6) is 0.473. The Morgan fingerprint density at radius 2 is 1.80 bits per heavy atom. The predicted molar refractivity (Wildman–Crippen MR) is 93.0 cm³/mol. The average Bonchev–Trinajstić information content (AvgIpc) is 2.62. The highest BCUT2D eigenvalue weighted by molar-refractivity contribution is 7.89. The second-order valence-electron chi connectivity index (χ2n) is 5.53. The first-order valence-corrected chi connectivity index (χ1v) is 9.21. The van der Waals surface area contributed by atoms with Gasteiger partial charge in [0.2, 0.25) is 10.0 Å². The highest BCUT2D eigenvalue weighted by Crippen LogP contribution is 2.16. The third kappa shape index (κ3) is 4.32. The number of sulfonamides is 1. The molecule has 1 aliphatic heterocycles. The minimum Gasteiger partial charge on any atom is -0.378 e. The number of rotatable bonds is 4. The average molecular weight is 362 g/mol. The number of nitrogens with zero attached hydrogens (tertiary/aromatic N) is 2. The monoisotopic (exact) mass is 362 g/mol. The van der Waals surface area contributed by atoms with E-state index in [-0.39, 0.29) is 10.8 Å². The quantitative estimate of drug-likeness (QED) is 0.832. The predicted octanol–water partition coefficient (Wildman–Crippen LogP) is 0.818. The van der Waals surface area contributed by atoms with E-state index in [1.54, 1.807) is 12.3 Å². The summed E-state index contributed by atoms with van der Waals surface area (Å²) in [5.41, 5.74) is 0.877. The van der Waals surface area contributed by atoms with Gasteiger partial charge in [0.1, 0.15) is 5.82 Å². The molecular formula is C16H18N4O4S. The highest BCUT2D eigenvalue weighted by atomic mass is 32.2. The highest BCUT2D eigenvalue weighted by Gasteiger charge is 2.13. The molecule has 1 amide bonds. The smallest absolute Gasteiger partial charge is 0.255 e. The Bertz CT molecular complexity index is 845. The molecular weight excluding hydrogens is 344 g/mol. The fourth-order valence-corrected chi connectivity index (χ4v) is 2.95. The van der Waals surface area contributed by atoms with E-state index in [0.29, 0.717) is 24.5 Å². The number of nitrogens with two attached hydrogens (primary N) is 1. The zero-order valence-electron chi connectivity index (χ0n) is 13.4. The largest absolute Gasteiger partial charge is 0.378 e. The van der Waals surface area contributed by atoms with Crippen molar-refractivity contribution in [2.75, 3.05) is 36.5 Å². The minimum atomic E-state index is -3.77. The molecule has 0 bridgehead atoms. The molecule has 132 valence electrons. The first kappa shape index (κ1) is 17.3. The summed E-state index contributed by atoms with van der Waals surface area (Å²) in [6.45, 7) is 2.92. The number of morpholine rings is 1. The lowest BCUT2D eigenvalue weighted by Gasteiger charge is -2.27. The van der Waals surface area contributed by atoms with Gasteiger partial charge in [-0.3, -0.25) is 4.79 Å². The summed E-state index contributed by atoms with van der Waals surface area (Å²) in [6.07, 6.45) is 1.58. The Morgan fingerprint density at radius 1 is 1.12 bits per heavy atom. The maximum atomic E-state index is 12.2. The fraction of sp³-hybridized carbons (Fsp3) is 0.250. The molecule has 0 aliphatic carbocycles. The van der Waals surface area contributed by atoms with Crippen LogP contribution in [0.4, 0.5) is 11.5 Å². The molecule has 2 aromatic rings. The molecule has 2 heterocycles. The molecule has 9 heteroatoms. The van der Waals surface area contributed by atoms with Gasteiger partial charge in [0.15, 0.2) is 0 Å². The molecule has 0 spiro atoms. The van der Waals surface area contributed by atoms with Crippen LogP contribution in [0.1, 0.15) is 10.4 Å². The molecule has 25 heavy (non-hydrogen) atoms. The van der Waals surface area contributed by atoms with Crippen LogP contribution in [-0.2, 0) is 14.8 Å². The molecule has 1 aromatic carbocycles. The van der Waals surface area contributed by atoms with E-state index in [9.17, 15) is 13.2 Å². The molecule has 0 radical (unpaired) electrons. The second kappa shape index (κ2) is 7.18. The summed E-state index contributed by atoms with van der Waals surface area (Å²) in [4.78, 5) is 18.6. The first-order chi connectivity index (χ1) is 11.9. The Kier molecular flexibility index (Phi) is 4.98. The molecule has 1 aliphatic rings. The van der Waals surface area contributed by atoms with Crippen LogP contribution in [0.15, 0.2) is 47.5 Å². The minimum absolute atomic E-state index is 0.0411. The zero-order chi connectivity index (χ0) is 17.9. The standard InChI is InChI=1S/C16H18N4O4S/c17-25(22,23)14-4-1-12(2-5-14)16(21)19-13-3-6-15(18-11-13)20-7-9-24-10-8-20/h1-6,11H,7-10H2,(H,19,21)(H2,17,22,23). The Hall–Kier alpha value is -2.49. The van der Waals surface area contributed by atoms with Crippen LogP contribution in [0.5, 0.6) is 0 Å². The van der Waals surface area contributed by atoms with Crippen molar-refractivity contribution in [2.45, 2.75) is 4.90 Å². The Labute approximate surface area is 145 Å². The van der Waals surface area contributed by atoms with Crippen LogP contribution in [-0.4, -0.2) is 45.6 Å². The van der Waals surface area contributed by atoms with E-state index in [4.69, 9.17) is 9.88 Å². The van der Waals surface area contributed by atoms with Crippen LogP contribution in [0.25, 0.3) is 0 Å². The van der Waals surface area contributed by atoms with Crippen LogP contribution < -0.4 is 15.4 Å². The first-order valence-electron chi connectivity index (χ1n) is 7.66. The molecule has 3 rings (SSSR count). The van der Waals surface area contributed by atoms with Gasteiger partial charge >= 0.3 is 0 Å². The lowest BCUT2D eigenvalue weighted by molar-refractivity contribution is 0.102. The van der Waals surface area contributed by atoms with E-state index in [1.807, 2.05) is 6.07 Å². The molecule has 3 N–H and O–H groups in total. The second-order valence-corrected chi connectivity index (χ2v) is 7.09. The van der Waals surface area contributed by atoms with Gasteiger partial charge < -0.3 is 15.0 Å². The maximum absolute atomic E-state index is 12.2. The Balaban J connectivity index is 1.66. The van der Waals surface area contributed by atoms with Crippen molar-refractivity contribution in [3.63, 3.8) is 0 Å². The SMILES string of the molecule is NS(=O)(=O)c1ccc(C(=O)Nc2ccc(N3CCOCC3)nc2)cc1. The summed E-state index contributed by atoms with van der Waals surface area (Å²) >= 11 is 0. The van der Waals surface area contributed by atoms with Crippen molar-refractivity contribution in [2.24, 2.45) is 5.14 Å². The van der Waals surface area contributed by atoms with Crippen LogP contribution in [0.2, 0.25) is 0 Å². The number of nitrogens with one attached hydrogen (secondary N) is 1. The van der Waals surface area contributed by atoms with Crippen LogP contribution >= 0.6 is 0 Å². The van der Waals surface area contributed by atoms with E-state index in [1.165, 1.54) is 24.3 Å². The van der Waals surface area contributed by atoms with E-state index in [2.05, 4.69) is 15.2 Å². The summed E-state index contributed by atoms with van der Waals surface area (Å²) in [5, 5.41) is 7.75. The van der Waals surface area contributed by atoms with Gasteiger partial charge in [-0.25, -0.2) is 18.5 Å².